The quantitative estimate of drug-likeness (QED) is 0.0490. The van der Waals surface area contributed by atoms with Gasteiger partial charge in [-0.15, -0.1) is 0 Å². The van der Waals surface area contributed by atoms with Crippen molar-refractivity contribution in [1.29, 1.82) is 0 Å². The summed E-state index contributed by atoms with van der Waals surface area (Å²) in [5.74, 6) is -6.54. The van der Waals surface area contributed by atoms with Crippen LogP contribution in [0.5, 0.6) is 0 Å². The molecule has 34 nitrogen and oxygen atoms in total. The van der Waals surface area contributed by atoms with Gasteiger partial charge in [-0.3, -0.25) is 52.7 Å². The molecule has 0 aromatic heterocycles. The fraction of sp³-hybridized carbons (Fsp3) is 0.707. The maximum absolute atomic E-state index is 10.7. The maximum Gasteiger partial charge on any atom is 0.507 e. The number of esters is 14. The molecule has 0 bridgehead atoms. The van der Waals surface area contributed by atoms with Crippen molar-refractivity contribution in [2.24, 2.45) is 11.5 Å². The molecule has 0 aliphatic carbocycles. The number of unbranched alkanes of at least 4 members (excludes halogenated alkanes) is 1. The molecular formula is C58H120N2O32. The zero-order valence-electron chi connectivity index (χ0n) is 49.8. The molecule has 3 unspecified atom stereocenters. The number of hydrogen-bond acceptors (Lipinski definition) is 34. The highest BCUT2D eigenvalue weighted by molar-refractivity contribution is 5.91. The lowest BCUT2D eigenvalue weighted by molar-refractivity contribution is -0.156. The molecule has 0 heterocycles. The molecule has 554 valence electrons. The molecule has 0 spiro atoms. The van der Waals surface area contributed by atoms with Gasteiger partial charge in [0.2, 0.25) is 0 Å². The summed E-state index contributed by atoms with van der Waals surface area (Å²) in [7, 11) is 20.1. The van der Waals surface area contributed by atoms with E-state index < -0.39 is 78.1 Å². The Kier molecular flexibility index (Phi) is 131. The molecule has 0 aliphatic rings. The molecule has 0 rings (SSSR count). The van der Waals surface area contributed by atoms with E-state index in [9.17, 15) is 71.9 Å². The van der Waals surface area contributed by atoms with E-state index in [1.165, 1.54) is 107 Å². The summed E-state index contributed by atoms with van der Waals surface area (Å²) in [6.07, 6.45) is 3.03. The third-order valence-electron chi connectivity index (χ3n) is 8.33. The second kappa shape index (κ2) is 93.6. The van der Waals surface area contributed by atoms with E-state index in [0.717, 1.165) is 19.3 Å². The number of aliphatic hydroxyl groups is 1. The zero-order valence-corrected chi connectivity index (χ0v) is 49.8. The average molecular weight is 1360 g/mol. The summed E-state index contributed by atoms with van der Waals surface area (Å²) in [4.78, 5) is 157. The Bertz CT molecular complexity index is 1800. The Morgan fingerprint density at radius 1 is 0.283 bits per heavy atom. The Morgan fingerprint density at radius 2 is 0.522 bits per heavy atom. The maximum atomic E-state index is 10.7. The number of hydrogen-bond donors (Lipinski definition) is 3. The number of rotatable bonds is 24. The molecule has 0 aromatic carbocycles. The molecule has 0 fully saturated rings. The van der Waals surface area contributed by atoms with Crippen molar-refractivity contribution in [3.63, 3.8) is 0 Å². The minimum absolute atomic E-state index is 0. The van der Waals surface area contributed by atoms with Crippen LogP contribution in [-0.2, 0) is 143 Å². The van der Waals surface area contributed by atoms with Gasteiger partial charge in [-0.2, -0.15) is 0 Å². The first-order valence-corrected chi connectivity index (χ1v) is 23.5. The van der Waals surface area contributed by atoms with Crippen LogP contribution in [0.15, 0.2) is 12.2 Å². The van der Waals surface area contributed by atoms with Crippen LogP contribution in [0.2, 0.25) is 0 Å². The average Bonchev–Trinajstić information content (AvgIpc) is 3.52. The SMILES string of the molecule is C.C.C.C.C.C.C.C.C.COC(=O)/C=C/C(=O)OC.COC(=O)CC(N)C(=O)OC.COC(=O)CC(O)C(=O)OC.COC(=O)CCC(=O)OC.COC(=O)CCC(N)C(=O)OC.COC(=O)CCCC(=O)OC.COC(=O)CCCCC(=O)OC.COC(=O)OC. The Labute approximate surface area is 547 Å². The summed E-state index contributed by atoms with van der Waals surface area (Å²) in [6.45, 7) is 0. The summed E-state index contributed by atoms with van der Waals surface area (Å²) in [5.41, 5.74) is 10.6. The largest absolute Gasteiger partial charge is 0.507 e. The second-order valence-corrected chi connectivity index (χ2v) is 14.0. The number of nitrogens with two attached hydrogens (primary N) is 2. The fourth-order valence-electron chi connectivity index (χ4n) is 3.69. The number of carbonyl (C=O) groups excluding carboxylic acids is 15. The molecule has 5 N–H and O–H groups in total. The first-order chi connectivity index (χ1) is 39.0. The van der Waals surface area contributed by atoms with E-state index in [4.69, 9.17) is 16.6 Å². The van der Waals surface area contributed by atoms with Gasteiger partial charge in [0.25, 0.3) is 0 Å². The highest BCUT2D eigenvalue weighted by Gasteiger charge is 2.20. The number of carbonyl (C=O) groups is 15. The van der Waals surface area contributed by atoms with Gasteiger partial charge in [0, 0.05) is 44.3 Å². The molecule has 0 aromatic rings. The molecule has 0 aliphatic heterocycles. The second-order valence-electron chi connectivity index (χ2n) is 14.0. The van der Waals surface area contributed by atoms with Crippen molar-refractivity contribution in [2.45, 2.75) is 168 Å². The lowest BCUT2D eigenvalue weighted by atomic mass is 10.2. The number of aliphatic hydroxyl groups excluding tert-OH is 1. The highest BCUT2D eigenvalue weighted by atomic mass is 16.7. The highest BCUT2D eigenvalue weighted by Crippen LogP contribution is 2.02. The smallest absolute Gasteiger partial charge is 0.469 e. The van der Waals surface area contributed by atoms with Crippen molar-refractivity contribution in [3.05, 3.63) is 12.2 Å². The first-order valence-electron chi connectivity index (χ1n) is 23.5. The lowest BCUT2D eigenvalue weighted by Gasteiger charge is -2.07. The lowest BCUT2D eigenvalue weighted by Crippen LogP contribution is -2.34. The van der Waals surface area contributed by atoms with Gasteiger partial charge < -0.3 is 92.4 Å². The van der Waals surface area contributed by atoms with Crippen LogP contribution in [0.25, 0.3) is 0 Å². The minimum atomic E-state index is -1.42. The zero-order chi connectivity index (χ0) is 66.3. The van der Waals surface area contributed by atoms with Crippen molar-refractivity contribution in [3.8, 4) is 0 Å². The van der Waals surface area contributed by atoms with Gasteiger partial charge in [-0.1, -0.05) is 66.8 Å². The van der Waals surface area contributed by atoms with E-state index in [0.29, 0.717) is 32.1 Å². The molecule has 34 heteroatoms. The van der Waals surface area contributed by atoms with Crippen molar-refractivity contribution in [2.75, 3.05) is 114 Å². The van der Waals surface area contributed by atoms with Gasteiger partial charge in [-0.25, -0.2) is 19.2 Å². The first kappa shape index (κ1) is 128. The topological polar surface area (TPSA) is 476 Å². The Hall–Kier alpha value is -8.53. The fourth-order valence-corrected chi connectivity index (χ4v) is 3.69. The van der Waals surface area contributed by atoms with Crippen molar-refractivity contribution < 1.29 is 153 Å². The summed E-state index contributed by atoms with van der Waals surface area (Å²) in [5, 5.41) is 8.84. The van der Waals surface area contributed by atoms with Gasteiger partial charge >= 0.3 is 89.7 Å². The van der Waals surface area contributed by atoms with Crippen LogP contribution in [0.3, 0.4) is 0 Å². The summed E-state index contributed by atoms with van der Waals surface area (Å²) in [6, 6.07) is -1.67. The molecule has 3 atom stereocenters. The predicted octanol–water partition coefficient (Wildman–Crippen LogP) is 5.09. The van der Waals surface area contributed by atoms with Crippen LogP contribution < -0.4 is 11.5 Å². The van der Waals surface area contributed by atoms with E-state index in [-0.39, 0.29) is 148 Å². The van der Waals surface area contributed by atoms with Crippen LogP contribution in [0, 0.1) is 0 Å². The standard InChI is InChI=1S/C8H14O4.C7H13NO4.C7H12O4.C6H11NO4.C6H10O5.C6H10O4.C6H8O4.C3H6O3.9CH4/c1-11-7(9)5-3-4-6-8(10)12-2;1-11-6(9)4-3-5(8)7(10)12-2;1-10-6(8)4-3-5-7(9)11-2;2*1-10-5(8)3-4(7)6(9)11-2;2*1-9-5(7)3-4-6(8)10-2;1-5-3(4)6-2;;;;;;;;;/h3-6H2,1-2H3;5H,3-4,8H2,1-2H3;3-5H2,1-2H3;4H,3,7H2,1-2H3;4,7H,3H2,1-2H3;3-4H2,1-2H3;3-4H,1-2H3;1-2H3;9*1H4/b;;;;;;4-3+;;;;;;;;;;. The predicted molar refractivity (Wildman–Crippen MR) is 339 cm³/mol. The van der Waals surface area contributed by atoms with Crippen molar-refractivity contribution in [1.82, 2.24) is 0 Å². The van der Waals surface area contributed by atoms with E-state index in [2.05, 4.69) is 75.8 Å². The number of ether oxygens (including phenoxy) is 16. The Morgan fingerprint density at radius 3 is 0.761 bits per heavy atom. The van der Waals surface area contributed by atoms with Gasteiger partial charge in [-0.05, 0) is 25.7 Å². The van der Waals surface area contributed by atoms with Gasteiger partial charge in [0.15, 0.2) is 6.10 Å². The molecule has 0 saturated carbocycles. The minimum Gasteiger partial charge on any atom is -0.469 e. The Balaban J connectivity index is -0.0000000462. The van der Waals surface area contributed by atoms with Gasteiger partial charge in [0.05, 0.1) is 139 Å². The normalized spacial score (nSPS) is 9.08. The summed E-state index contributed by atoms with van der Waals surface area (Å²) >= 11 is 0. The molecule has 0 amide bonds. The summed E-state index contributed by atoms with van der Waals surface area (Å²) < 4.78 is 68.4. The van der Waals surface area contributed by atoms with Crippen LogP contribution in [-0.4, -0.2) is 227 Å². The van der Waals surface area contributed by atoms with Crippen molar-refractivity contribution >= 4 is 89.7 Å². The molecular weight excluding hydrogens is 1240 g/mol. The van der Waals surface area contributed by atoms with E-state index in [1.54, 1.807) is 0 Å². The van der Waals surface area contributed by atoms with Gasteiger partial charge in [0.1, 0.15) is 12.1 Å². The van der Waals surface area contributed by atoms with E-state index in [1.807, 2.05) is 0 Å². The molecule has 0 radical (unpaired) electrons. The van der Waals surface area contributed by atoms with Crippen LogP contribution in [0.4, 0.5) is 4.79 Å². The molecule has 0 saturated heterocycles. The monoisotopic (exact) mass is 1360 g/mol. The third-order valence-corrected chi connectivity index (χ3v) is 8.33. The van der Waals surface area contributed by atoms with Crippen LogP contribution >= 0.6 is 0 Å². The van der Waals surface area contributed by atoms with Crippen LogP contribution in [0.1, 0.15) is 150 Å². The number of methoxy groups -OCH3 is 16. The third kappa shape index (κ3) is 103. The van der Waals surface area contributed by atoms with E-state index >= 15 is 0 Å². The molecule has 92 heavy (non-hydrogen) atoms.